The maximum atomic E-state index is 4.11. The van der Waals surface area contributed by atoms with Crippen LogP contribution in [-0.4, -0.2) is 29.6 Å². The van der Waals surface area contributed by atoms with Crippen LogP contribution in [-0.2, 0) is 0 Å². The van der Waals surface area contributed by atoms with Gasteiger partial charge in [-0.1, -0.05) is 133 Å². The average molecular weight is 565 g/mol. The number of unbranched alkanes of at least 4 members (excludes halogenated alkanes) is 9. The summed E-state index contributed by atoms with van der Waals surface area (Å²) in [6.07, 6.45) is 14.3. The van der Waals surface area contributed by atoms with Gasteiger partial charge in [0.1, 0.15) is 16.5 Å². The second kappa shape index (κ2) is 15.5. The van der Waals surface area contributed by atoms with Crippen molar-refractivity contribution < 1.29 is 0 Å². The van der Waals surface area contributed by atoms with Crippen LogP contribution in [0.15, 0.2) is 0 Å². The van der Waals surface area contributed by atoms with Gasteiger partial charge in [0.15, 0.2) is 0 Å². The second-order valence-electron chi connectivity index (χ2n) is 15.8. The highest BCUT2D eigenvalue weighted by atomic mass is 28.3. The summed E-state index contributed by atoms with van der Waals surface area (Å²) in [6.45, 7) is 33.0. The molecule has 4 heteroatoms. The van der Waals surface area contributed by atoms with Gasteiger partial charge in [-0.2, -0.15) is 0 Å². The molecule has 8 unspecified atom stereocenters. The molecule has 0 radical (unpaired) electrons. The molecule has 0 aromatic carbocycles. The van der Waals surface area contributed by atoms with Crippen molar-refractivity contribution in [3.8, 4) is 0 Å². The molecule has 0 aliphatic heterocycles. The summed E-state index contributed by atoms with van der Waals surface area (Å²) >= 11 is 0. The summed E-state index contributed by atoms with van der Waals surface area (Å²) in [6, 6.07) is 0. The first-order valence-electron chi connectivity index (χ1n) is 17.2. The molecule has 2 saturated carbocycles. The molecule has 2 N–H and O–H groups in total. The zero-order valence-electron chi connectivity index (χ0n) is 28.3. The number of hydrogen-bond donors (Lipinski definition) is 2. The lowest BCUT2D eigenvalue weighted by molar-refractivity contribution is 0.352. The van der Waals surface area contributed by atoms with E-state index in [1.165, 1.54) is 77.3 Å². The third kappa shape index (κ3) is 8.92. The van der Waals surface area contributed by atoms with Gasteiger partial charge in [0.25, 0.3) is 0 Å². The molecule has 0 saturated heterocycles. The lowest BCUT2D eigenvalue weighted by Crippen LogP contribution is -2.51. The van der Waals surface area contributed by atoms with E-state index < -0.39 is 16.5 Å². The molecule has 0 bridgehead atoms. The fourth-order valence-electron chi connectivity index (χ4n) is 9.53. The molecule has 0 aromatic rings. The summed E-state index contributed by atoms with van der Waals surface area (Å²) in [7, 11) is -2.72. The SMILES string of the molecule is CC1C(C)C(C)C([Si](C)(C)NCCCCCCCCCCCCN[Si](C)(C)C2C(C)C(C)C(C)C2C)C1C. The molecule has 8 atom stereocenters. The van der Waals surface area contributed by atoms with E-state index in [0.717, 1.165) is 58.4 Å². The number of nitrogens with one attached hydrogen (secondary N) is 2. The fraction of sp³-hybridized carbons (Fsp3) is 1.00. The molecule has 2 nitrogen and oxygen atoms in total. The van der Waals surface area contributed by atoms with E-state index in [4.69, 9.17) is 0 Å². The molecule has 0 spiro atoms. The lowest BCUT2D eigenvalue weighted by Gasteiger charge is -2.37. The maximum Gasteiger partial charge on any atom is 0.123 e. The highest BCUT2D eigenvalue weighted by Crippen LogP contribution is 2.53. The van der Waals surface area contributed by atoms with E-state index in [1.54, 1.807) is 0 Å². The molecule has 2 rings (SSSR count). The van der Waals surface area contributed by atoms with Crippen molar-refractivity contribution in [3.05, 3.63) is 0 Å². The van der Waals surface area contributed by atoms with Crippen molar-refractivity contribution in [2.24, 2.45) is 47.3 Å². The van der Waals surface area contributed by atoms with Crippen LogP contribution in [0.1, 0.15) is 120 Å². The predicted molar refractivity (Wildman–Crippen MR) is 178 cm³/mol. The van der Waals surface area contributed by atoms with Crippen molar-refractivity contribution in [1.82, 2.24) is 9.96 Å². The summed E-state index contributed by atoms with van der Waals surface area (Å²) in [5, 5.41) is 0. The van der Waals surface area contributed by atoms with Gasteiger partial charge in [-0.05, 0) is 84.4 Å². The van der Waals surface area contributed by atoms with Crippen molar-refractivity contribution in [3.63, 3.8) is 0 Å². The minimum Gasteiger partial charge on any atom is -0.337 e. The van der Waals surface area contributed by atoms with Gasteiger partial charge in [0.05, 0.1) is 0 Å². The molecule has 0 heterocycles. The molecule has 38 heavy (non-hydrogen) atoms. The molecule has 0 aromatic heterocycles. The van der Waals surface area contributed by atoms with Gasteiger partial charge >= 0.3 is 0 Å². The van der Waals surface area contributed by atoms with Gasteiger partial charge in [-0.25, -0.2) is 0 Å². The van der Waals surface area contributed by atoms with Crippen LogP contribution in [0.3, 0.4) is 0 Å². The van der Waals surface area contributed by atoms with Crippen LogP contribution >= 0.6 is 0 Å². The first-order valence-corrected chi connectivity index (χ1v) is 23.4. The Morgan fingerprint density at radius 2 is 0.553 bits per heavy atom. The fourth-order valence-corrected chi connectivity index (χ4v) is 18.1. The molecular weight excluding hydrogens is 493 g/mol. The third-order valence-corrected chi connectivity index (χ3v) is 20.4. The summed E-state index contributed by atoms with van der Waals surface area (Å²) in [5.41, 5.74) is 1.87. The largest absolute Gasteiger partial charge is 0.337 e. The smallest absolute Gasteiger partial charge is 0.123 e. The predicted octanol–water partition coefficient (Wildman–Crippen LogP) is 10.3. The van der Waals surface area contributed by atoms with Crippen molar-refractivity contribution >= 4 is 16.5 Å². The summed E-state index contributed by atoms with van der Waals surface area (Å²) in [5.74, 6) is 7.09. The van der Waals surface area contributed by atoms with E-state index in [2.05, 4.69) is 91.5 Å². The van der Waals surface area contributed by atoms with Crippen LogP contribution < -0.4 is 9.96 Å². The Balaban J connectivity index is 1.45. The Kier molecular flexibility index (Phi) is 14.1. The maximum absolute atomic E-state index is 4.11. The van der Waals surface area contributed by atoms with Crippen molar-refractivity contribution in [2.45, 2.75) is 157 Å². The van der Waals surface area contributed by atoms with Crippen LogP contribution in [0.4, 0.5) is 0 Å². The number of rotatable bonds is 17. The minimum absolute atomic E-state index is 0.886. The normalized spacial score (nSPS) is 36.3. The summed E-state index contributed by atoms with van der Waals surface area (Å²) < 4.78 is 0. The molecule has 2 aliphatic rings. The van der Waals surface area contributed by atoms with E-state index in [-0.39, 0.29) is 0 Å². The second-order valence-corrected chi connectivity index (χ2v) is 24.7. The summed E-state index contributed by atoms with van der Waals surface area (Å²) in [4.78, 5) is 8.22. The van der Waals surface area contributed by atoms with Gasteiger partial charge in [0.2, 0.25) is 0 Å². The topological polar surface area (TPSA) is 24.1 Å². The zero-order chi connectivity index (χ0) is 28.7. The van der Waals surface area contributed by atoms with Crippen LogP contribution in [0.2, 0.25) is 37.3 Å². The molecule has 2 aliphatic carbocycles. The Morgan fingerprint density at radius 3 is 0.789 bits per heavy atom. The van der Waals surface area contributed by atoms with E-state index in [9.17, 15) is 0 Å². The molecular formula is C34H72N2Si2. The van der Waals surface area contributed by atoms with E-state index in [0.29, 0.717) is 0 Å². The van der Waals surface area contributed by atoms with Gasteiger partial charge in [0, 0.05) is 0 Å². The quantitative estimate of drug-likeness (QED) is 0.136. The van der Waals surface area contributed by atoms with Gasteiger partial charge < -0.3 is 9.96 Å². The van der Waals surface area contributed by atoms with Crippen LogP contribution in [0.25, 0.3) is 0 Å². The molecule has 2 fully saturated rings. The Labute approximate surface area is 243 Å². The van der Waals surface area contributed by atoms with E-state index in [1.807, 2.05) is 0 Å². The van der Waals surface area contributed by atoms with Crippen LogP contribution in [0.5, 0.6) is 0 Å². The van der Waals surface area contributed by atoms with Gasteiger partial charge in [-0.3, -0.25) is 0 Å². The van der Waals surface area contributed by atoms with Crippen molar-refractivity contribution in [1.29, 1.82) is 0 Å². The van der Waals surface area contributed by atoms with Crippen molar-refractivity contribution in [2.75, 3.05) is 13.1 Å². The Morgan fingerprint density at radius 1 is 0.342 bits per heavy atom. The lowest BCUT2D eigenvalue weighted by atomic mass is 9.92. The molecule has 0 amide bonds. The minimum atomic E-state index is -1.36. The monoisotopic (exact) mass is 565 g/mol. The number of hydrogen-bond acceptors (Lipinski definition) is 2. The van der Waals surface area contributed by atoms with Gasteiger partial charge in [-0.15, -0.1) is 0 Å². The zero-order valence-corrected chi connectivity index (χ0v) is 30.3. The average Bonchev–Trinajstić information content (AvgIpc) is 3.17. The molecule has 226 valence electrons. The standard InChI is InChI=1S/C34H72N2Si2/c1-25-26(2)30(6)33(29(25)5)37(9,10)35-23-21-19-17-15-13-14-16-18-20-22-24-36-38(11,12)34-31(7)27(3)28(4)32(34)8/h25-36H,13-24H2,1-12H3. The van der Waals surface area contributed by atoms with Crippen LogP contribution in [0, 0.1) is 47.3 Å². The van der Waals surface area contributed by atoms with E-state index >= 15 is 0 Å². The Hall–Kier alpha value is 0.354. The first kappa shape index (κ1) is 34.6. The third-order valence-electron chi connectivity index (χ3n) is 12.7. The Bertz CT molecular complexity index is 581. The highest BCUT2D eigenvalue weighted by molar-refractivity contribution is 6.77. The first-order chi connectivity index (χ1) is 17.7. The highest BCUT2D eigenvalue weighted by Gasteiger charge is 2.50.